The van der Waals surface area contributed by atoms with Gasteiger partial charge >= 0.3 is 0 Å². The Bertz CT molecular complexity index is 501. The van der Waals surface area contributed by atoms with E-state index in [1.165, 1.54) is 0 Å². The second-order valence-electron chi connectivity index (χ2n) is 5.52. The molecule has 0 radical (unpaired) electrons. The van der Waals surface area contributed by atoms with Crippen LogP contribution in [0.3, 0.4) is 0 Å². The summed E-state index contributed by atoms with van der Waals surface area (Å²) in [7, 11) is 0. The maximum Gasteiger partial charge on any atom is 0.224 e. The Hall–Kier alpha value is -1.46. The van der Waals surface area contributed by atoms with Crippen LogP contribution in [0, 0.1) is 0 Å². The van der Waals surface area contributed by atoms with Crippen LogP contribution in [0.4, 0.5) is 5.69 Å². The van der Waals surface area contributed by atoms with Gasteiger partial charge in [0, 0.05) is 18.6 Å². The van der Waals surface area contributed by atoms with Crippen molar-refractivity contribution >= 4 is 28.8 Å². The molecule has 21 heavy (non-hydrogen) atoms. The Morgan fingerprint density at radius 3 is 2.67 bits per heavy atom. The number of anilines is 1. The highest BCUT2D eigenvalue weighted by atomic mass is 32.1. The fraction of sp³-hybridized carbons (Fsp3) is 0.500. The normalized spacial score (nSPS) is 11.2. The highest BCUT2D eigenvalue weighted by Gasteiger charge is 2.15. The zero-order chi connectivity index (χ0) is 15.9. The van der Waals surface area contributed by atoms with Gasteiger partial charge in [-0.05, 0) is 38.8 Å². The van der Waals surface area contributed by atoms with Gasteiger partial charge in [-0.2, -0.15) is 0 Å². The molecule has 0 saturated heterocycles. The number of hydrogen-bond donors (Lipinski definition) is 2. The molecular formula is C16H24N2O2S. The zero-order valence-electron chi connectivity index (χ0n) is 12.9. The minimum atomic E-state index is -0.130. The molecule has 0 saturated carbocycles. The van der Waals surface area contributed by atoms with Crippen LogP contribution in [-0.4, -0.2) is 23.1 Å². The van der Waals surface area contributed by atoms with Gasteiger partial charge in [0.15, 0.2) is 0 Å². The van der Waals surface area contributed by atoms with Crippen molar-refractivity contribution in [2.45, 2.75) is 45.6 Å². The van der Waals surface area contributed by atoms with Crippen LogP contribution in [0.1, 0.15) is 45.6 Å². The molecule has 0 aliphatic carbocycles. The third kappa shape index (κ3) is 6.23. The van der Waals surface area contributed by atoms with Crippen LogP contribution in [0.2, 0.25) is 0 Å². The lowest BCUT2D eigenvalue weighted by molar-refractivity contribution is -0.117. The second kappa shape index (κ2) is 8.10. The largest absolute Gasteiger partial charge is 0.389 e. The lowest BCUT2D eigenvalue weighted by Gasteiger charge is -2.23. The number of nitrogens with one attached hydrogen (secondary N) is 1. The minimum Gasteiger partial charge on any atom is -0.389 e. The van der Waals surface area contributed by atoms with E-state index in [2.05, 4.69) is 12.2 Å². The lowest BCUT2D eigenvalue weighted by Crippen LogP contribution is -2.24. The average molecular weight is 308 g/mol. The van der Waals surface area contributed by atoms with Crippen molar-refractivity contribution in [3.8, 4) is 0 Å². The van der Waals surface area contributed by atoms with E-state index >= 15 is 0 Å². The van der Waals surface area contributed by atoms with Crippen molar-refractivity contribution in [2.24, 2.45) is 5.73 Å². The third-order valence-corrected chi connectivity index (χ3v) is 3.58. The number of para-hydroxylation sites is 1. The van der Waals surface area contributed by atoms with Crippen molar-refractivity contribution < 1.29 is 9.53 Å². The molecule has 0 bridgehead atoms. The van der Waals surface area contributed by atoms with Crippen molar-refractivity contribution in [3.05, 3.63) is 29.8 Å². The second-order valence-corrected chi connectivity index (χ2v) is 5.96. The van der Waals surface area contributed by atoms with Gasteiger partial charge in [0.25, 0.3) is 0 Å². The summed E-state index contributed by atoms with van der Waals surface area (Å²) in [4.78, 5) is 12.2. The number of hydrogen-bond acceptors (Lipinski definition) is 3. The number of thiocarbonyl (C=S) groups is 1. The summed E-state index contributed by atoms with van der Waals surface area (Å²) in [6.07, 6.45) is 2.04. The van der Waals surface area contributed by atoms with E-state index in [1.807, 2.05) is 26.0 Å². The summed E-state index contributed by atoms with van der Waals surface area (Å²) < 4.78 is 5.72. The van der Waals surface area contributed by atoms with Gasteiger partial charge in [-0.15, -0.1) is 0 Å². The molecule has 0 heterocycles. The minimum absolute atomic E-state index is 0.0587. The molecule has 116 valence electrons. The molecule has 1 amide bonds. The third-order valence-electron chi connectivity index (χ3n) is 3.36. The van der Waals surface area contributed by atoms with E-state index in [4.69, 9.17) is 22.7 Å². The number of ether oxygens (including phenoxy) is 1. The average Bonchev–Trinajstić information content (AvgIpc) is 2.44. The first-order valence-electron chi connectivity index (χ1n) is 7.18. The van der Waals surface area contributed by atoms with Crippen molar-refractivity contribution in [1.29, 1.82) is 0 Å². The van der Waals surface area contributed by atoms with Crippen LogP contribution < -0.4 is 11.1 Å². The van der Waals surface area contributed by atoms with E-state index in [0.29, 0.717) is 30.7 Å². The van der Waals surface area contributed by atoms with E-state index in [0.717, 1.165) is 6.42 Å². The Balaban J connectivity index is 2.43. The van der Waals surface area contributed by atoms with E-state index < -0.39 is 0 Å². The summed E-state index contributed by atoms with van der Waals surface area (Å²) in [5.74, 6) is -0.0587. The van der Waals surface area contributed by atoms with Gasteiger partial charge in [0.2, 0.25) is 5.91 Å². The molecule has 1 aromatic rings. The predicted molar refractivity (Wildman–Crippen MR) is 90.5 cm³/mol. The monoisotopic (exact) mass is 308 g/mol. The fourth-order valence-corrected chi connectivity index (χ4v) is 1.88. The summed E-state index contributed by atoms with van der Waals surface area (Å²) in [6, 6.07) is 7.27. The molecular weight excluding hydrogens is 284 g/mol. The highest BCUT2D eigenvalue weighted by Crippen LogP contribution is 2.16. The Morgan fingerprint density at radius 1 is 1.38 bits per heavy atom. The SMILES string of the molecule is CCC(C)(C)OCCCC(=O)Nc1ccccc1C(N)=S. The van der Waals surface area contributed by atoms with Crippen molar-refractivity contribution in [2.75, 3.05) is 11.9 Å². The van der Waals surface area contributed by atoms with Crippen LogP contribution in [0.5, 0.6) is 0 Å². The Kier molecular flexibility index (Phi) is 6.78. The molecule has 0 aliphatic rings. The molecule has 1 aromatic carbocycles. The first-order valence-corrected chi connectivity index (χ1v) is 7.59. The predicted octanol–water partition coefficient (Wildman–Crippen LogP) is 3.24. The lowest BCUT2D eigenvalue weighted by atomic mass is 10.1. The quantitative estimate of drug-likeness (QED) is 0.571. The standard InChI is InChI=1S/C16H24N2O2S/c1-4-16(2,3)20-11-7-10-14(19)18-13-9-6-5-8-12(13)15(17)21/h5-6,8-9H,4,7,10-11H2,1-3H3,(H2,17,21)(H,18,19). The topological polar surface area (TPSA) is 64.3 Å². The van der Waals surface area contributed by atoms with Crippen LogP contribution in [0.15, 0.2) is 24.3 Å². The Labute approximate surface area is 132 Å². The maximum atomic E-state index is 11.9. The van der Waals surface area contributed by atoms with Gasteiger partial charge < -0.3 is 15.8 Å². The molecule has 0 unspecified atom stereocenters. The van der Waals surface area contributed by atoms with Crippen LogP contribution >= 0.6 is 12.2 Å². The summed E-state index contributed by atoms with van der Waals surface area (Å²) in [6.45, 7) is 6.75. The smallest absolute Gasteiger partial charge is 0.224 e. The number of carbonyl (C=O) groups excluding carboxylic acids is 1. The van der Waals surface area contributed by atoms with E-state index in [9.17, 15) is 4.79 Å². The number of rotatable bonds is 8. The van der Waals surface area contributed by atoms with Crippen LogP contribution in [0.25, 0.3) is 0 Å². The molecule has 3 N–H and O–H groups in total. The molecule has 0 fully saturated rings. The van der Waals surface area contributed by atoms with Gasteiger partial charge in [-0.25, -0.2) is 0 Å². The first kappa shape index (κ1) is 17.6. The molecule has 4 nitrogen and oxygen atoms in total. The Morgan fingerprint density at radius 2 is 2.05 bits per heavy atom. The van der Waals surface area contributed by atoms with Gasteiger partial charge in [0.05, 0.1) is 11.3 Å². The number of carbonyl (C=O) groups is 1. The molecule has 0 atom stereocenters. The first-order chi connectivity index (χ1) is 9.85. The van der Waals surface area contributed by atoms with E-state index in [1.54, 1.807) is 12.1 Å². The van der Waals surface area contributed by atoms with E-state index in [-0.39, 0.29) is 16.5 Å². The zero-order valence-corrected chi connectivity index (χ0v) is 13.8. The number of nitrogens with two attached hydrogens (primary N) is 1. The fourth-order valence-electron chi connectivity index (χ4n) is 1.70. The van der Waals surface area contributed by atoms with Gasteiger partial charge in [-0.1, -0.05) is 31.3 Å². The molecule has 5 heteroatoms. The molecule has 0 aliphatic heterocycles. The molecule has 0 spiro atoms. The number of benzene rings is 1. The van der Waals surface area contributed by atoms with Crippen LogP contribution in [-0.2, 0) is 9.53 Å². The summed E-state index contributed by atoms with van der Waals surface area (Å²) in [5, 5.41) is 2.84. The van der Waals surface area contributed by atoms with Crippen molar-refractivity contribution in [3.63, 3.8) is 0 Å². The molecule has 0 aromatic heterocycles. The van der Waals surface area contributed by atoms with Gasteiger partial charge in [0.1, 0.15) is 4.99 Å². The van der Waals surface area contributed by atoms with Gasteiger partial charge in [-0.3, -0.25) is 4.79 Å². The summed E-state index contributed by atoms with van der Waals surface area (Å²) >= 11 is 4.97. The summed E-state index contributed by atoms with van der Waals surface area (Å²) in [5.41, 5.74) is 6.85. The maximum absolute atomic E-state index is 11.9. The van der Waals surface area contributed by atoms with Crippen molar-refractivity contribution in [1.82, 2.24) is 0 Å². The molecule has 1 rings (SSSR count). The number of amides is 1. The highest BCUT2D eigenvalue weighted by molar-refractivity contribution is 7.80.